The van der Waals surface area contributed by atoms with Crippen molar-refractivity contribution in [1.29, 1.82) is 5.26 Å². The number of nitrogens with zero attached hydrogens (tertiary/aromatic N) is 4. The Labute approximate surface area is 185 Å². The first-order valence-electron chi connectivity index (χ1n) is 8.74. The molecule has 0 amide bonds. The molecule has 1 aliphatic rings. The van der Waals surface area contributed by atoms with Crippen LogP contribution in [0.3, 0.4) is 0 Å². The number of hydrazone groups is 1. The molecule has 1 aliphatic heterocycles. The smallest absolute Gasteiger partial charge is 0.349 e. The molecule has 3 rings (SSSR count). The summed E-state index contributed by atoms with van der Waals surface area (Å²) in [6.07, 6.45) is 1.56. The van der Waals surface area contributed by atoms with Gasteiger partial charge < -0.3 is 16.2 Å². The fourth-order valence-corrected chi connectivity index (χ4v) is 3.08. The van der Waals surface area contributed by atoms with Gasteiger partial charge in [0.15, 0.2) is 11.6 Å². The predicted octanol–water partition coefficient (Wildman–Crippen LogP) is 1.06. The van der Waals surface area contributed by atoms with Gasteiger partial charge in [0.05, 0.1) is 15.7 Å². The first-order valence-corrected chi connectivity index (χ1v) is 9.49. The molecule has 1 aromatic heterocycles. The van der Waals surface area contributed by atoms with Gasteiger partial charge in [-0.05, 0) is 18.1 Å². The van der Waals surface area contributed by atoms with Crippen molar-refractivity contribution >= 4 is 29.0 Å². The van der Waals surface area contributed by atoms with Gasteiger partial charge in [-0.2, -0.15) is 15.0 Å². The largest absolute Gasteiger partial charge is 0.436 e. The summed E-state index contributed by atoms with van der Waals surface area (Å²) >= 11 is 12.6. The molecule has 11 nitrogen and oxygen atoms in total. The summed E-state index contributed by atoms with van der Waals surface area (Å²) in [4.78, 5) is 25.6. The highest BCUT2D eigenvalue weighted by Crippen LogP contribution is 2.36. The standard InChI is InChI=1S/C18H16Cl2N8O3/c1-7(2)14(22)9-5-13(25-26-16(9)23)31-15-10(19)3-8(4-11(15)20)28-18(30)24-17(29)12(6-21)27-28/h3-5,7,25H,22H2,1-2H3,(H2,23,26)(H,24,29,30). The minimum atomic E-state index is -0.902. The second kappa shape index (κ2) is 8.55. The molecular weight excluding hydrogens is 447 g/mol. The van der Waals surface area contributed by atoms with Gasteiger partial charge in [-0.25, -0.2) is 10.2 Å². The SMILES string of the molecule is CC(C)C(N)=C1C=C(Oc2c(Cl)cc(-n3nc(C#N)c(=O)[nH]c3=O)cc2Cl)NN=C1N. The summed E-state index contributed by atoms with van der Waals surface area (Å²) in [6.45, 7) is 3.81. The third-order valence-electron chi connectivity index (χ3n) is 4.14. The molecule has 0 spiro atoms. The van der Waals surface area contributed by atoms with E-state index in [1.54, 1.807) is 12.1 Å². The van der Waals surface area contributed by atoms with Gasteiger partial charge in [-0.3, -0.25) is 9.78 Å². The Bertz CT molecular complexity index is 1290. The van der Waals surface area contributed by atoms with E-state index in [9.17, 15) is 9.59 Å². The number of ether oxygens (including phenoxy) is 1. The van der Waals surface area contributed by atoms with Crippen molar-refractivity contribution in [2.75, 3.05) is 0 Å². The van der Waals surface area contributed by atoms with Gasteiger partial charge in [0.2, 0.25) is 11.6 Å². The molecule has 2 heterocycles. The quantitative estimate of drug-likeness (QED) is 0.520. The Morgan fingerprint density at radius 2 is 1.94 bits per heavy atom. The van der Waals surface area contributed by atoms with E-state index in [2.05, 4.69) is 15.6 Å². The molecule has 0 saturated carbocycles. The van der Waals surface area contributed by atoms with Crippen molar-refractivity contribution in [2.24, 2.45) is 22.5 Å². The second-order valence-corrected chi connectivity index (χ2v) is 7.43. The van der Waals surface area contributed by atoms with Gasteiger partial charge in [0.25, 0.3) is 5.56 Å². The molecule has 0 fully saturated rings. The molecular formula is C18H16Cl2N8O3. The van der Waals surface area contributed by atoms with Gasteiger partial charge >= 0.3 is 5.69 Å². The summed E-state index contributed by atoms with van der Waals surface area (Å²) in [6, 6.07) is 4.25. The first kappa shape index (κ1) is 21.9. The molecule has 0 bridgehead atoms. The summed E-state index contributed by atoms with van der Waals surface area (Å²) in [5, 5.41) is 16.7. The number of aromatic nitrogens is 3. The van der Waals surface area contributed by atoms with Gasteiger partial charge in [-0.1, -0.05) is 37.0 Å². The Morgan fingerprint density at radius 1 is 1.29 bits per heavy atom. The zero-order valence-corrected chi connectivity index (χ0v) is 17.7. The van der Waals surface area contributed by atoms with Crippen LogP contribution in [-0.4, -0.2) is 20.6 Å². The summed E-state index contributed by atoms with van der Waals surface area (Å²) in [7, 11) is 0. The molecule has 0 radical (unpaired) electrons. The first-order chi connectivity index (χ1) is 14.6. The van der Waals surface area contributed by atoms with E-state index < -0.39 is 16.9 Å². The van der Waals surface area contributed by atoms with Crippen LogP contribution in [0.5, 0.6) is 5.75 Å². The van der Waals surface area contributed by atoms with Crippen LogP contribution in [0, 0.1) is 17.2 Å². The van der Waals surface area contributed by atoms with Crippen molar-refractivity contribution in [1.82, 2.24) is 20.2 Å². The Morgan fingerprint density at radius 3 is 2.52 bits per heavy atom. The molecule has 0 unspecified atom stereocenters. The predicted molar refractivity (Wildman–Crippen MR) is 115 cm³/mol. The lowest BCUT2D eigenvalue weighted by Gasteiger charge is -2.19. The molecule has 2 aromatic rings. The van der Waals surface area contributed by atoms with Crippen LogP contribution < -0.4 is 32.9 Å². The highest BCUT2D eigenvalue weighted by molar-refractivity contribution is 6.37. The molecule has 13 heteroatoms. The molecule has 31 heavy (non-hydrogen) atoms. The van der Waals surface area contributed by atoms with E-state index in [0.717, 1.165) is 4.68 Å². The maximum Gasteiger partial charge on any atom is 0.349 e. The molecule has 6 N–H and O–H groups in total. The molecule has 0 saturated heterocycles. The van der Waals surface area contributed by atoms with Gasteiger partial charge in [0.1, 0.15) is 6.07 Å². The number of allylic oxidation sites excluding steroid dienone is 1. The third kappa shape index (κ3) is 4.40. The van der Waals surface area contributed by atoms with Crippen LogP contribution in [0.25, 0.3) is 5.69 Å². The topological polar surface area (TPSA) is 177 Å². The van der Waals surface area contributed by atoms with Crippen molar-refractivity contribution in [3.05, 3.63) is 71.9 Å². The normalized spacial score (nSPS) is 15.0. The third-order valence-corrected chi connectivity index (χ3v) is 4.71. The zero-order valence-electron chi connectivity index (χ0n) is 16.2. The monoisotopic (exact) mass is 462 g/mol. The number of hydrogen-bond acceptors (Lipinski definition) is 9. The zero-order chi connectivity index (χ0) is 22.9. The number of benzene rings is 1. The van der Waals surface area contributed by atoms with Crippen molar-refractivity contribution in [3.8, 4) is 17.5 Å². The Balaban J connectivity index is 2.01. The lowest BCUT2D eigenvalue weighted by atomic mass is 10.0. The summed E-state index contributed by atoms with van der Waals surface area (Å²) in [5.74, 6) is 0.438. The second-order valence-electron chi connectivity index (χ2n) is 6.61. The molecule has 160 valence electrons. The Hall–Kier alpha value is -3.75. The number of nitrogens with one attached hydrogen (secondary N) is 2. The summed E-state index contributed by atoms with van der Waals surface area (Å²) < 4.78 is 6.51. The summed E-state index contributed by atoms with van der Waals surface area (Å²) in [5.41, 5.74) is 13.4. The van der Waals surface area contributed by atoms with Crippen molar-refractivity contribution in [3.63, 3.8) is 0 Å². The number of rotatable bonds is 4. The van der Waals surface area contributed by atoms with Gasteiger partial charge in [0, 0.05) is 17.3 Å². The number of H-pyrrole nitrogens is 1. The van der Waals surface area contributed by atoms with E-state index >= 15 is 0 Å². The highest BCUT2D eigenvalue weighted by atomic mass is 35.5. The van der Waals surface area contributed by atoms with E-state index in [1.165, 1.54) is 12.1 Å². The van der Waals surface area contributed by atoms with Crippen LogP contribution in [0.2, 0.25) is 10.0 Å². The van der Waals surface area contributed by atoms with Crippen LogP contribution in [0.1, 0.15) is 19.5 Å². The Kier molecular flexibility index (Phi) is 6.05. The number of amidine groups is 1. The fraction of sp³-hybridized carbons (Fsp3) is 0.167. The van der Waals surface area contributed by atoms with E-state index in [1.807, 2.05) is 18.8 Å². The highest BCUT2D eigenvalue weighted by Gasteiger charge is 2.19. The van der Waals surface area contributed by atoms with Crippen molar-refractivity contribution in [2.45, 2.75) is 13.8 Å². The van der Waals surface area contributed by atoms with E-state index in [4.69, 9.17) is 44.7 Å². The maximum absolute atomic E-state index is 12.1. The molecule has 0 atom stereocenters. The number of aromatic amines is 1. The average molecular weight is 463 g/mol. The number of hydrogen-bond donors (Lipinski definition) is 4. The van der Waals surface area contributed by atoms with E-state index in [-0.39, 0.29) is 39.1 Å². The number of halogens is 2. The molecule has 1 aromatic carbocycles. The minimum absolute atomic E-state index is 0.0206. The fourth-order valence-electron chi connectivity index (χ4n) is 2.53. The van der Waals surface area contributed by atoms with Gasteiger partial charge in [-0.15, -0.1) is 5.10 Å². The minimum Gasteiger partial charge on any atom is -0.436 e. The van der Waals surface area contributed by atoms with Crippen molar-refractivity contribution < 1.29 is 4.74 Å². The van der Waals surface area contributed by atoms with E-state index in [0.29, 0.717) is 11.3 Å². The average Bonchev–Trinajstić information content (AvgIpc) is 2.71. The maximum atomic E-state index is 12.1. The number of nitriles is 1. The van der Waals surface area contributed by atoms with Crippen LogP contribution in [-0.2, 0) is 0 Å². The van der Waals surface area contributed by atoms with Crippen LogP contribution in [0.4, 0.5) is 0 Å². The molecule has 0 aliphatic carbocycles. The lowest BCUT2D eigenvalue weighted by Crippen LogP contribution is -2.33. The lowest BCUT2D eigenvalue weighted by molar-refractivity contribution is 0.382. The van der Waals surface area contributed by atoms with Crippen LogP contribution in [0.15, 0.2) is 50.1 Å². The van der Waals surface area contributed by atoms with Crippen LogP contribution >= 0.6 is 23.2 Å². The number of nitrogens with two attached hydrogens (primary N) is 2.